The molecule has 6 nitrogen and oxygen atoms in total. The zero-order valence-electron chi connectivity index (χ0n) is 17.5. The number of aryl methyl sites for hydroxylation is 1. The van der Waals surface area contributed by atoms with Gasteiger partial charge < -0.3 is 15.0 Å². The molecular formula is C22H30N4O2. The van der Waals surface area contributed by atoms with Gasteiger partial charge in [-0.2, -0.15) is 5.10 Å². The quantitative estimate of drug-likeness (QED) is 0.864. The number of nitrogens with one attached hydrogen (secondary N) is 1. The molecule has 1 saturated heterocycles. The number of para-hydroxylation sites is 1. The maximum absolute atomic E-state index is 12.4. The van der Waals surface area contributed by atoms with Crippen molar-refractivity contribution in [2.75, 3.05) is 13.6 Å². The Balaban J connectivity index is 1.46. The first-order valence-corrected chi connectivity index (χ1v) is 10.0. The van der Waals surface area contributed by atoms with E-state index in [1.54, 1.807) is 0 Å². The average molecular weight is 383 g/mol. The van der Waals surface area contributed by atoms with Gasteiger partial charge >= 0.3 is 0 Å². The Morgan fingerprint density at radius 1 is 1.32 bits per heavy atom. The Labute approximate surface area is 166 Å². The van der Waals surface area contributed by atoms with Crippen molar-refractivity contribution in [1.29, 1.82) is 0 Å². The summed E-state index contributed by atoms with van der Waals surface area (Å²) in [6, 6.07) is 6.46. The fourth-order valence-corrected chi connectivity index (χ4v) is 4.61. The van der Waals surface area contributed by atoms with E-state index in [9.17, 15) is 4.79 Å². The number of rotatable bonds is 5. The van der Waals surface area contributed by atoms with Gasteiger partial charge in [0.1, 0.15) is 11.4 Å². The number of aromatic nitrogens is 2. The third-order valence-corrected chi connectivity index (χ3v) is 6.18. The van der Waals surface area contributed by atoms with Gasteiger partial charge in [-0.05, 0) is 26.3 Å². The van der Waals surface area contributed by atoms with Gasteiger partial charge in [0.05, 0.1) is 12.2 Å². The molecule has 2 atom stereocenters. The molecule has 150 valence electrons. The molecule has 1 fully saturated rings. The summed E-state index contributed by atoms with van der Waals surface area (Å²) in [6.45, 7) is 7.85. The molecule has 1 aromatic heterocycles. The first-order chi connectivity index (χ1) is 13.3. The fourth-order valence-electron chi connectivity index (χ4n) is 4.61. The van der Waals surface area contributed by atoms with Crippen LogP contribution in [0.1, 0.15) is 48.7 Å². The van der Waals surface area contributed by atoms with Crippen molar-refractivity contribution in [3.63, 3.8) is 0 Å². The van der Waals surface area contributed by atoms with Crippen LogP contribution in [0.5, 0.6) is 5.75 Å². The number of hydrogen-bond acceptors (Lipinski definition) is 4. The topological polar surface area (TPSA) is 59.4 Å². The summed E-state index contributed by atoms with van der Waals surface area (Å²) >= 11 is 0. The van der Waals surface area contributed by atoms with Crippen molar-refractivity contribution in [1.82, 2.24) is 20.0 Å². The van der Waals surface area contributed by atoms with Crippen LogP contribution >= 0.6 is 0 Å². The van der Waals surface area contributed by atoms with Crippen LogP contribution in [0.15, 0.2) is 24.4 Å². The van der Waals surface area contributed by atoms with Gasteiger partial charge in [-0.25, -0.2) is 0 Å². The summed E-state index contributed by atoms with van der Waals surface area (Å²) < 4.78 is 8.06. The van der Waals surface area contributed by atoms with Crippen molar-refractivity contribution >= 4 is 5.91 Å². The fraction of sp³-hybridized carbons (Fsp3) is 0.545. The molecular weight excluding hydrogens is 352 g/mol. The van der Waals surface area contributed by atoms with E-state index >= 15 is 0 Å². The van der Waals surface area contributed by atoms with Gasteiger partial charge in [0.2, 0.25) is 5.91 Å². The smallest absolute Gasteiger partial charge is 0.223 e. The van der Waals surface area contributed by atoms with Crippen molar-refractivity contribution in [2.24, 2.45) is 13.0 Å². The van der Waals surface area contributed by atoms with Crippen LogP contribution in [0.4, 0.5) is 0 Å². The van der Waals surface area contributed by atoms with Crippen LogP contribution in [0.25, 0.3) is 0 Å². The van der Waals surface area contributed by atoms with Crippen molar-refractivity contribution in [3.05, 3.63) is 46.8 Å². The Kier molecular flexibility index (Phi) is 4.70. The lowest BCUT2D eigenvalue weighted by Crippen LogP contribution is -2.29. The number of fused-ring (bicyclic) bond motifs is 1. The molecule has 0 bridgehead atoms. The third-order valence-electron chi connectivity index (χ3n) is 6.18. The predicted octanol–water partition coefficient (Wildman–Crippen LogP) is 2.75. The largest absolute Gasteiger partial charge is 0.487 e. The molecule has 4 rings (SSSR count). The second kappa shape index (κ2) is 6.92. The highest BCUT2D eigenvalue weighted by Gasteiger charge is 2.39. The molecule has 2 aliphatic heterocycles. The number of carbonyl (C=O) groups excluding carboxylic acids is 1. The summed E-state index contributed by atoms with van der Waals surface area (Å²) in [5, 5.41) is 7.96. The summed E-state index contributed by atoms with van der Waals surface area (Å²) in [7, 11) is 3.85. The number of amides is 1. The van der Waals surface area contributed by atoms with Crippen LogP contribution < -0.4 is 10.1 Å². The van der Waals surface area contributed by atoms with Gasteiger partial charge in [0.15, 0.2) is 0 Å². The van der Waals surface area contributed by atoms with Crippen molar-refractivity contribution < 1.29 is 9.53 Å². The number of ether oxygens (including phenoxy) is 1. The first kappa shape index (κ1) is 19.0. The molecule has 2 aromatic rings. The van der Waals surface area contributed by atoms with E-state index in [0.29, 0.717) is 6.42 Å². The zero-order chi connectivity index (χ0) is 20.1. The van der Waals surface area contributed by atoms with Crippen molar-refractivity contribution in [3.8, 4) is 5.75 Å². The molecule has 6 heteroatoms. The maximum Gasteiger partial charge on any atom is 0.223 e. The lowest BCUT2D eigenvalue weighted by molar-refractivity contribution is -0.127. The van der Waals surface area contributed by atoms with E-state index in [1.165, 1.54) is 11.1 Å². The van der Waals surface area contributed by atoms with Gasteiger partial charge in [0, 0.05) is 62.8 Å². The molecule has 0 aliphatic carbocycles. The van der Waals surface area contributed by atoms with Crippen LogP contribution in [0.3, 0.4) is 0 Å². The normalized spacial score (nSPS) is 23.2. The minimum atomic E-state index is -0.137. The molecule has 0 unspecified atom stereocenters. The van der Waals surface area contributed by atoms with E-state index in [4.69, 9.17) is 4.74 Å². The number of benzene rings is 1. The highest BCUT2D eigenvalue weighted by molar-refractivity contribution is 5.79. The Morgan fingerprint density at radius 3 is 2.82 bits per heavy atom. The number of hydrogen-bond donors (Lipinski definition) is 1. The minimum absolute atomic E-state index is 0.0744. The Bertz CT molecular complexity index is 902. The molecule has 1 aromatic carbocycles. The van der Waals surface area contributed by atoms with Gasteiger partial charge in [-0.1, -0.05) is 18.2 Å². The number of nitrogens with zero attached hydrogens (tertiary/aromatic N) is 3. The summed E-state index contributed by atoms with van der Waals surface area (Å²) in [5.74, 6) is 1.46. The maximum atomic E-state index is 12.4. The third kappa shape index (κ3) is 3.30. The van der Waals surface area contributed by atoms with E-state index in [0.717, 1.165) is 36.5 Å². The minimum Gasteiger partial charge on any atom is -0.487 e. The molecule has 0 saturated carbocycles. The molecule has 3 heterocycles. The molecule has 0 spiro atoms. The number of likely N-dealkylation sites (tertiary alicyclic amines) is 1. The summed E-state index contributed by atoms with van der Waals surface area (Å²) in [6.07, 6.45) is 3.42. The van der Waals surface area contributed by atoms with Crippen LogP contribution in [-0.4, -0.2) is 39.8 Å². The Hall–Kier alpha value is -2.34. The van der Waals surface area contributed by atoms with E-state index in [2.05, 4.69) is 49.4 Å². The average Bonchev–Trinajstić information content (AvgIpc) is 3.22. The molecule has 1 N–H and O–H groups in total. The SMILES string of the molecule is Cc1c([C@H]2[C@H](CNCc3cccc4c3OC(C)(C)C4)CC(=O)N2C)cnn1C. The highest BCUT2D eigenvalue weighted by atomic mass is 16.5. The van der Waals surface area contributed by atoms with Crippen LogP contribution in [0.2, 0.25) is 0 Å². The molecule has 28 heavy (non-hydrogen) atoms. The van der Waals surface area contributed by atoms with E-state index in [1.807, 2.05) is 29.9 Å². The summed E-state index contributed by atoms with van der Waals surface area (Å²) in [4.78, 5) is 14.3. The lowest BCUT2D eigenvalue weighted by atomic mass is 9.94. The van der Waals surface area contributed by atoms with Gasteiger partial charge in [-0.15, -0.1) is 0 Å². The Morgan fingerprint density at radius 2 is 2.11 bits per heavy atom. The van der Waals surface area contributed by atoms with E-state index < -0.39 is 0 Å². The molecule has 1 amide bonds. The number of carbonyl (C=O) groups is 1. The second-order valence-corrected chi connectivity index (χ2v) is 8.80. The summed E-state index contributed by atoms with van der Waals surface area (Å²) in [5.41, 5.74) is 4.60. The van der Waals surface area contributed by atoms with Crippen molar-refractivity contribution in [2.45, 2.75) is 51.8 Å². The monoisotopic (exact) mass is 382 g/mol. The second-order valence-electron chi connectivity index (χ2n) is 8.80. The zero-order valence-corrected chi connectivity index (χ0v) is 17.5. The van der Waals surface area contributed by atoms with Crippen LogP contribution in [-0.2, 0) is 24.8 Å². The highest BCUT2D eigenvalue weighted by Crippen LogP contribution is 2.39. The predicted molar refractivity (Wildman–Crippen MR) is 108 cm³/mol. The van der Waals surface area contributed by atoms with Crippen LogP contribution in [0, 0.1) is 12.8 Å². The molecule has 0 radical (unpaired) electrons. The standard InChI is InChI=1S/C22H30N4O2/c1-14-18(13-24-26(14)5)20-17(9-19(27)25(20)4)12-23-11-16-8-6-7-15-10-22(2,3)28-21(15)16/h6-8,13,17,20,23H,9-12H2,1-5H3/t17-,20+/m0/s1. The lowest BCUT2D eigenvalue weighted by Gasteiger charge is -2.25. The van der Waals surface area contributed by atoms with Gasteiger partial charge in [-0.3, -0.25) is 9.48 Å². The van der Waals surface area contributed by atoms with Gasteiger partial charge in [0.25, 0.3) is 0 Å². The first-order valence-electron chi connectivity index (χ1n) is 10.0. The molecule has 2 aliphatic rings. The van der Waals surface area contributed by atoms with E-state index in [-0.39, 0.29) is 23.5 Å².